The number of hydrogen-bond acceptors (Lipinski definition) is 2. The van der Waals surface area contributed by atoms with Crippen molar-refractivity contribution in [1.29, 1.82) is 0 Å². The number of amides is 2. The fourth-order valence-electron chi connectivity index (χ4n) is 3.19. The number of benzene rings is 2. The lowest BCUT2D eigenvalue weighted by molar-refractivity contribution is -0.122. The molecular weight excluding hydrogens is 336 g/mol. The Morgan fingerprint density at radius 1 is 0.963 bits per heavy atom. The van der Waals surface area contributed by atoms with Crippen LogP contribution in [-0.4, -0.2) is 18.4 Å². The van der Waals surface area contributed by atoms with E-state index in [1.165, 1.54) is 0 Å². The molecule has 0 bridgehead atoms. The van der Waals surface area contributed by atoms with Gasteiger partial charge in [0.15, 0.2) is 0 Å². The zero-order valence-corrected chi connectivity index (χ0v) is 15.6. The first-order chi connectivity index (χ1) is 13.2. The second-order valence-electron chi connectivity index (χ2n) is 6.56. The predicted octanol–water partition coefficient (Wildman–Crippen LogP) is 3.63. The van der Waals surface area contributed by atoms with E-state index in [-0.39, 0.29) is 11.8 Å². The maximum atomic E-state index is 13.0. The summed E-state index contributed by atoms with van der Waals surface area (Å²) in [6.45, 7) is 3.06. The molecule has 0 fully saturated rings. The van der Waals surface area contributed by atoms with Crippen LogP contribution in [0.4, 0.5) is 5.69 Å². The molecule has 2 aromatic rings. The first-order valence-electron chi connectivity index (χ1n) is 9.45. The van der Waals surface area contributed by atoms with Gasteiger partial charge in [0.05, 0.1) is 12.2 Å². The highest BCUT2D eigenvalue weighted by molar-refractivity contribution is 5.95. The fraction of sp³-hybridized carbons (Fsp3) is 0.304. The molecule has 0 saturated heterocycles. The highest BCUT2D eigenvalue weighted by Crippen LogP contribution is 2.26. The Hall–Kier alpha value is -3.06. The Morgan fingerprint density at radius 2 is 1.63 bits per heavy atom. The van der Waals surface area contributed by atoms with Crippen molar-refractivity contribution in [3.05, 3.63) is 65.2 Å². The molecule has 0 radical (unpaired) electrons. The summed E-state index contributed by atoms with van der Waals surface area (Å²) >= 11 is 0. The maximum Gasteiger partial charge on any atom is 0.227 e. The number of para-hydroxylation sites is 1. The Balaban J connectivity index is 1.75. The van der Waals surface area contributed by atoms with Crippen LogP contribution in [-0.2, 0) is 16.1 Å². The summed E-state index contributed by atoms with van der Waals surface area (Å²) in [5, 5.41) is 2.79. The van der Waals surface area contributed by atoms with Gasteiger partial charge in [-0.05, 0) is 43.5 Å². The molecule has 0 saturated carbocycles. The Bertz CT molecular complexity index is 892. The third kappa shape index (κ3) is 4.77. The molecule has 1 N–H and O–H groups in total. The zero-order valence-electron chi connectivity index (χ0n) is 15.6. The number of rotatable bonds is 6. The van der Waals surface area contributed by atoms with Gasteiger partial charge in [-0.1, -0.05) is 42.2 Å². The number of unbranched alkanes of at least 4 members (excludes halogenated alkanes) is 1. The third-order valence-electron chi connectivity index (χ3n) is 4.59. The van der Waals surface area contributed by atoms with Crippen LogP contribution in [0.15, 0.2) is 48.5 Å². The molecule has 2 amide bonds. The van der Waals surface area contributed by atoms with E-state index in [1.807, 2.05) is 60.4 Å². The summed E-state index contributed by atoms with van der Waals surface area (Å²) in [5.74, 6) is 6.54. The molecule has 0 spiro atoms. The number of fused-ring (bicyclic) bond motifs is 2. The molecule has 1 aliphatic rings. The van der Waals surface area contributed by atoms with Gasteiger partial charge in [0.2, 0.25) is 11.8 Å². The molecule has 3 rings (SSSR count). The van der Waals surface area contributed by atoms with E-state index in [0.717, 1.165) is 22.4 Å². The van der Waals surface area contributed by atoms with Crippen molar-refractivity contribution in [2.75, 3.05) is 11.4 Å². The molecule has 0 unspecified atom stereocenters. The van der Waals surface area contributed by atoms with E-state index in [1.54, 1.807) is 0 Å². The van der Waals surface area contributed by atoms with Crippen LogP contribution < -0.4 is 10.2 Å². The van der Waals surface area contributed by atoms with Crippen molar-refractivity contribution in [3.8, 4) is 11.8 Å². The number of nitrogens with zero attached hydrogens (tertiary/aromatic N) is 1. The van der Waals surface area contributed by atoms with Gasteiger partial charge in [0.25, 0.3) is 0 Å². The van der Waals surface area contributed by atoms with Crippen LogP contribution in [0.1, 0.15) is 49.3 Å². The van der Waals surface area contributed by atoms with Crippen LogP contribution in [0.25, 0.3) is 0 Å². The summed E-state index contributed by atoms with van der Waals surface area (Å²) in [5.41, 5.74) is 3.73. The molecule has 138 valence electrons. The van der Waals surface area contributed by atoms with Gasteiger partial charge in [-0.25, -0.2) is 0 Å². The van der Waals surface area contributed by atoms with Crippen molar-refractivity contribution < 1.29 is 9.59 Å². The van der Waals surface area contributed by atoms with Gasteiger partial charge >= 0.3 is 0 Å². The van der Waals surface area contributed by atoms with Crippen LogP contribution >= 0.6 is 0 Å². The number of hydrogen-bond donors (Lipinski definition) is 1. The lowest BCUT2D eigenvalue weighted by Gasteiger charge is -2.26. The minimum Gasteiger partial charge on any atom is -0.356 e. The van der Waals surface area contributed by atoms with Crippen molar-refractivity contribution in [2.45, 2.75) is 39.2 Å². The number of nitrogens with one attached hydrogen (secondary N) is 1. The number of carbonyl (C=O) groups excluding carboxylic acids is 2. The molecular formula is C23H24N2O2. The Labute approximate surface area is 160 Å². The van der Waals surface area contributed by atoms with Crippen molar-refractivity contribution in [2.24, 2.45) is 0 Å². The summed E-state index contributed by atoms with van der Waals surface area (Å²) in [7, 11) is 0. The van der Waals surface area contributed by atoms with Gasteiger partial charge in [0.1, 0.15) is 0 Å². The largest absolute Gasteiger partial charge is 0.356 e. The topological polar surface area (TPSA) is 49.4 Å². The number of carbonyl (C=O) groups is 2. The molecule has 0 atom stereocenters. The molecule has 1 heterocycles. The van der Waals surface area contributed by atoms with Crippen molar-refractivity contribution in [3.63, 3.8) is 0 Å². The van der Waals surface area contributed by atoms with Gasteiger partial charge in [0, 0.05) is 30.5 Å². The van der Waals surface area contributed by atoms with Crippen LogP contribution in [0, 0.1) is 11.8 Å². The monoisotopic (exact) mass is 360 g/mol. The van der Waals surface area contributed by atoms with E-state index in [4.69, 9.17) is 0 Å². The third-order valence-corrected chi connectivity index (χ3v) is 4.59. The summed E-state index contributed by atoms with van der Waals surface area (Å²) in [6.07, 6.45) is 2.29. The minimum absolute atomic E-state index is 0.0470. The zero-order chi connectivity index (χ0) is 19.1. The van der Waals surface area contributed by atoms with Gasteiger partial charge in [-0.15, -0.1) is 0 Å². The van der Waals surface area contributed by atoms with Gasteiger partial charge in [-0.3, -0.25) is 9.59 Å². The average molecular weight is 360 g/mol. The molecule has 0 aliphatic carbocycles. The summed E-state index contributed by atoms with van der Waals surface area (Å²) in [6, 6.07) is 15.7. The molecule has 1 aliphatic heterocycles. The lowest BCUT2D eigenvalue weighted by atomic mass is 10.0. The second-order valence-corrected chi connectivity index (χ2v) is 6.56. The first kappa shape index (κ1) is 18.7. The normalized spacial score (nSPS) is 12.0. The molecule has 0 aromatic heterocycles. The smallest absolute Gasteiger partial charge is 0.227 e. The maximum absolute atomic E-state index is 13.0. The fourth-order valence-corrected chi connectivity index (χ4v) is 3.19. The quantitative estimate of drug-likeness (QED) is 0.632. The van der Waals surface area contributed by atoms with Crippen molar-refractivity contribution >= 4 is 17.5 Å². The predicted molar refractivity (Wildman–Crippen MR) is 107 cm³/mol. The molecule has 4 nitrogen and oxygen atoms in total. The van der Waals surface area contributed by atoms with Gasteiger partial charge < -0.3 is 10.2 Å². The molecule has 4 heteroatoms. The molecule has 2 aromatic carbocycles. The van der Waals surface area contributed by atoms with E-state index in [2.05, 4.69) is 17.2 Å². The Kier molecular flexibility index (Phi) is 6.27. The summed E-state index contributed by atoms with van der Waals surface area (Å²) < 4.78 is 0. The highest BCUT2D eigenvalue weighted by atomic mass is 16.2. The first-order valence-corrected chi connectivity index (χ1v) is 9.45. The second kappa shape index (κ2) is 9.05. The van der Waals surface area contributed by atoms with Crippen LogP contribution in [0.5, 0.6) is 0 Å². The van der Waals surface area contributed by atoms with E-state index in [0.29, 0.717) is 38.8 Å². The van der Waals surface area contributed by atoms with Crippen molar-refractivity contribution in [1.82, 2.24) is 5.32 Å². The van der Waals surface area contributed by atoms with Crippen LogP contribution in [0.2, 0.25) is 0 Å². The summed E-state index contributed by atoms with van der Waals surface area (Å²) in [4.78, 5) is 26.4. The van der Waals surface area contributed by atoms with Gasteiger partial charge in [-0.2, -0.15) is 0 Å². The average Bonchev–Trinajstić information content (AvgIpc) is 2.67. The van der Waals surface area contributed by atoms with E-state index < -0.39 is 0 Å². The number of anilines is 1. The van der Waals surface area contributed by atoms with E-state index >= 15 is 0 Å². The lowest BCUT2D eigenvalue weighted by Crippen LogP contribution is -2.31. The Morgan fingerprint density at radius 3 is 2.44 bits per heavy atom. The molecule has 27 heavy (non-hydrogen) atoms. The highest BCUT2D eigenvalue weighted by Gasteiger charge is 2.20. The minimum atomic E-state index is 0.0470. The SMILES string of the molecule is CCNC(=O)CCCCC(=O)N1Cc2ccccc2C#Cc2ccccc21. The van der Waals surface area contributed by atoms with Crippen LogP contribution in [0.3, 0.4) is 0 Å². The standard InChI is InChI=1S/C23H24N2O2/c1-2-24-22(26)13-7-8-14-23(27)25-17-20-11-4-3-9-18(20)15-16-19-10-5-6-12-21(19)25/h3-6,9-12H,2,7-8,13-14,17H2,1H3,(H,24,26). The van der Waals surface area contributed by atoms with E-state index in [9.17, 15) is 9.59 Å².